The van der Waals surface area contributed by atoms with Crippen molar-refractivity contribution < 1.29 is 14.3 Å². The van der Waals surface area contributed by atoms with Crippen LogP contribution in [0, 0.1) is 0 Å². The number of aldehydes is 1. The van der Waals surface area contributed by atoms with E-state index < -0.39 is 0 Å². The quantitative estimate of drug-likeness (QED) is 0.691. The summed E-state index contributed by atoms with van der Waals surface area (Å²) >= 11 is 0. The van der Waals surface area contributed by atoms with Crippen molar-refractivity contribution in [3.63, 3.8) is 0 Å². The average Bonchev–Trinajstić information content (AvgIpc) is 1.99. The van der Waals surface area contributed by atoms with Gasteiger partial charge in [-0.1, -0.05) is 0 Å². The molecule has 1 aliphatic heterocycles. The summed E-state index contributed by atoms with van der Waals surface area (Å²) in [5.74, 6) is 0. The fourth-order valence-electron chi connectivity index (χ4n) is 0.996. The first-order chi connectivity index (χ1) is 7.40. The van der Waals surface area contributed by atoms with Crippen LogP contribution < -0.4 is 5.32 Å². The van der Waals surface area contributed by atoms with Gasteiger partial charge in [0.15, 0.2) is 0 Å². The first-order valence-electron chi connectivity index (χ1n) is 5.36. The standard InChI is InChI=1S/C6H12N2O.C5H10O2/c1-8(2-3-9)6-4-7-5-6;1-5(2,3)7-4-6/h3,6-7H,2,4-5H2,1H3;4H,1-3H3. The molecule has 1 fully saturated rings. The van der Waals surface area contributed by atoms with Gasteiger partial charge in [-0.3, -0.25) is 9.69 Å². The van der Waals surface area contributed by atoms with Gasteiger partial charge in [0, 0.05) is 19.1 Å². The van der Waals surface area contributed by atoms with Crippen molar-refractivity contribution in [2.75, 3.05) is 26.7 Å². The van der Waals surface area contributed by atoms with E-state index in [0.717, 1.165) is 19.4 Å². The van der Waals surface area contributed by atoms with Crippen LogP contribution in [0.4, 0.5) is 0 Å². The maximum atomic E-state index is 10.00. The van der Waals surface area contributed by atoms with E-state index in [1.54, 1.807) is 0 Å². The number of hydrogen-bond donors (Lipinski definition) is 1. The van der Waals surface area contributed by atoms with Crippen LogP contribution in [0.5, 0.6) is 0 Å². The Morgan fingerprint density at radius 2 is 1.94 bits per heavy atom. The van der Waals surface area contributed by atoms with Gasteiger partial charge in [-0.15, -0.1) is 0 Å². The summed E-state index contributed by atoms with van der Waals surface area (Å²) in [5.41, 5.74) is -0.318. The lowest BCUT2D eigenvalue weighted by Crippen LogP contribution is -2.56. The molecule has 1 heterocycles. The molecule has 5 heteroatoms. The van der Waals surface area contributed by atoms with Crippen LogP contribution in [-0.4, -0.2) is 56.0 Å². The number of likely N-dealkylation sites (N-methyl/N-ethyl adjacent to an activating group) is 1. The van der Waals surface area contributed by atoms with Crippen LogP contribution in [0.25, 0.3) is 0 Å². The first kappa shape index (κ1) is 15.1. The Balaban J connectivity index is 0.000000293. The second kappa shape index (κ2) is 7.35. The van der Waals surface area contributed by atoms with Gasteiger partial charge in [0.25, 0.3) is 6.47 Å². The molecule has 1 N–H and O–H groups in total. The monoisotopic (exact) mass is 230 g/mol. The van der Waals surface area contributed by atoms with Crippen LogP contribution >= 0.6 is 0 Å². The largest absolute Gasteiger partial charge is 0.462 e. The highest BCUT2D eigenvalue weighted by atomic mass is 16.5. The van der Waals surface area contributed by atoms with Crippen molar-refractivity contribution in [2.24, 2.45) is 0 Å². The molecule has 1 rings (SSSR count). The van der Waals surface area contributed by atoms with Crippen LogP contribution in [0.1, 0.15) is 20.8 Å². The SMILES string of the molecule is CC(C)(C)OC=O.CN(CC=O)C1CNC1. The molecule has 16 heavy (non-hydrogen) atoms. The van der Waals surface area contributed by atoms with Gasteiger partial charge in [-0.25, -0.2) is 0 Å². The summed E-state index contributed by atoms with van der Waals surface area (Å²) in [5, 5.41) is 3.14. The number of nitrogens with zero attached hydrogens (tertiary/aromatic N) is 1. The minimum Gasteiger partial charge on any atom is -0.462 e. The van der Waals surface area contributed by atoms with Gasteiger partial charge in [-0.05, 0) is 27.8 Å². The van der Waals surface area contributed by atoms with Crippen molar-refractivity contribution >= 4 is 12.8 Å². The molecule has 0 bridgehead atoms. The summed E-state index contributed by atoms with van der Waals surface area (Å²) in [6, 6.07) is 0.593. The third-order valence-electron chi connectivity index (χ3n) is 2.15. The van der Waals surface area contributed by atoms with E-state index in [9.17, 15) is 9.59 Å². The number of ether oxygens (including phenoxy) is 1. The molecule has 0 unspecified atom stereocenters. The molecule has 0 aromatic heterocycles. The smallest absolute Gasteiger partial charge is 0.293 e. The molecule has 0 aromatic carbocycles. The predicted octanol–water partition coefficient (Wildman–Crippen LogP) is 0.0468. The average molecular weight is 230 g/mol. The number of rotatable bonds is 4. The number of hydrogen-bond acceptors (Lipinski definition) is 5. The molecule has 0 saturated carbocycles. The number of nitrogens with one attached hydrogen (secondary N) is 1. The molecule has 0 aliphatic carbocycles. The van der Waals surface area contributed by atoms with Crippen molar-refractivity contribution in [2.45, 2.75) is 32.4 Å². The molecule has 0 aromatic rings. The molecule has 1 saturated heterocycles. The van der Waals surface area contributed by atoms with Crippen molar-refractivity contribution in [3.05, 3.63) is 0 Å². The van der Waals surface area contributed by atoms with E-state index >= 15 is 0 Å². The molecule has 0 atom stereocenters. The van der Waals surface area contributed by atoms with E-state index in [1.807, 2.05) is 27.8 Å². The Morgan fingerprint density at radius 1 is 1.38 bits per heavy atom. The zero-order valence-electron chi connectivity index (χ0n) is 10.5. The maximum Gasteiger partial charge on any atom is 0.293 e. The van der Waals surface area contributed by atoms with Crippen molar-refractivity contribution in [3.8, 4) is 0 Å². The van der Waals surface area contributed by atoms with Crippen LogP contribution in [0.2, 0.25) is 0 Å². The Labute approximate surface area is 97.1 Å². The van der Waals surface area contributed by atoms with Gasteiger partial charge in [0.2, 0.25) is 0 Å². The van der Waals surface area contributed by atoms with E-state index in [1.165, 1.54) is 0 Å². The Hall–Kier alpha value is -0.940. The number of carbonyl (C=O) groups is 2. The second-order valence-corrected chi connectivity index (χ2v) is 4.74. The summed E-state index contributed by atoms with van der Waals surface area (Å²) in [6.07, 6.45) is 0.943. The zero-order valence-corrected chi connectivity index (χ0v) is 10.5. The summed E-state index contributed by atoms with van der Waals surface area (Å²) in [6.45, 7) is 8.55. The lowest BCUT2D eigenvalue weighted by molar-refractivity contribution is -0.138. The van der Waals surface area contributed by atoms with Crippen molar-refractivity contribution in [1.29, 1.82) is 0 Å². The van der Waals surface area contributed by atoms with Crippen LogP contribution in [0.15, 0.2) is 0 Å². The van der Waals surface area contributed by atoms with Gasteiger partial charge in [-0.2, -0.15) is 0 Å². The Kier molecular flexibility index (Phi) is 6.92. The maximum absolute atomic E-state index is 10.00. The summed E-state index contributed by atoms with van der Waals surface area (Å²) < 4.78 is 4.55. The molecule has 5 nitrogen and oxygen atoms in total. The summed E-state index contributed by atoms with van der Waals surface area (Å²) in [7, 11) is 1.97. The highest BCUT2D eigenvalue weighted by molar-refractivity contribution is 5.52. The highest BCUT2D eigenvalue weighted by Crippen LogP contribution is 2.02. The fraction of sp³-hybridized carbons (Fsp3) is 0.818. The third-order valence-corrected chi connectivity index (χ3v) is 2.15. The molecular formula is C11H22N2O3. The van der Waals surface area contributed by atoms with Gasteiger partial charge in [0.1, 0.15) is 11.9 Å². The molecule has 0 spiro atoms. The lowest BCUT2D eigenvalue weighted by Gasteiger charge is -2.34. The first-order valence-corrected chi connectivity index (χ1v) is 5.36. The molecule has 94 valence electrons. The normalized spacial score (nSPS) is 15.8. The van der Waals surface area contributed by atoms with Gasteiger partial charge < -0.3 is 14.8 Å². The molecule has 1 aliphatic rings. The third kappa shape index (κ3) is 7.36. The lowest BCUT2D eigenvalue weighted by atomic mass is 10.1. The van der Waals surface area contributed by atoms with Crippen molar-refractivity contribution in [1.82, 2.24) is 10.2 Å². The predicted molar refractivity (Wildman–Crippen MR) is 62.3 cm³/mol. The molecular weight excluding hydrogens is 208 g/mol. The second-order valence-electron chi connectivity index (χ2n) is 4.74. The fourth-order valence-corrected chi connectivity index (χ4v) is 0.996. The van der Waals surface area contributed by atoms with Crippen LogP contribution in [-0.2, 0) is 14.3 Å². The van der Waals surface area contributed by atoms with Crippen LogP contribution in [0.3, 0.4) is 0 Å². The minimum absolute atomic E-state index is 0.318. The topological polar surface area (TPSA) is 58.6 Å². The van der Waals surface area contributed by atoms with Gasteiger partial charge in [0.05, 0.1) is 6.54 Å². The zero-order chi connectivity index (χ0) is 12.6. The number of carbonyl (C=O) groups excluding carboxylic acids is 2. The van der Waals surface area contributed by atoms with E-state index in [-0.39, 0.29) is 5.60 Å². The molecule has 0 amide bonds. The van der Waals surface area contributed by atoms with E-state index in [2.05, 4.69) is 15.0 Å². The van der Waals surface area contributed by atoms with Gasteiger partial charge >= 0.3 is 0 Å². The Bertz CT molecular complexity index is 210. The molecule has 0 radical (unpaired) electrons. The highest BCUT2D eigenvalue weighted by Gasteiger charge is 2.20. The minimum atomic E-state index is -0.318. The van der Waals surface area contributed by atoms with E-state index in [4.69, 9.17) is 0 Å². The summed E-state index contributed by atoms with van der Waals surface area (Å²) in [4.78, 5) is 21.7. The Morgan fingerprint density at radius 3 is 2.12 bits per heavy atom. The van der Waals surface area contributed by atoms with E-state index in [0.29, 0.717) is 19.1 Å².